The topological polar surface area (TPSA) is 24.5 Å². The molecule has 3 nitrogen and oxygen atoms in total. The van der Waals surface area contributed by atoms with Crippen molar-refractivity contribution in [2.24, 2.45) is 0 Å². The molecule has 2 rings (SSSR count). The van der Waals surface area contributed by atoms with Gasteiger partial charge in [0.25, 0.3) is 0 Å². The van der Waals surface area contributed by atoms with Crippen LogP contribution < -0.4 is 5.32 Å². The highest BCUT2D eigenvalue weighted by molar-refractivity contribution is 5.14. The van der Waals surface area contributed by atoms with Gasteiger partial charge in [0, 0.05) is 25.7 Å². The first kappa shape index (κ1) is 17.7. The molecule has 0 heterocycles. The number of hydrogen-bond acceptors (Lipinski definition) is 3. The average molecular weight is 312 g/mol. The molecule has 0 aliphatic rings. The lowest BCUT2D eigenvalue weighted by Gasteiger charge is -2.25. The van der Waals surface area contributed by atoms with Crippen LogP contribution in [0.5, 0.6) is 0 Å². The molecule has 0 amide bonds. The van der Waals surface area contributed by atoms with Crippen LogP contribution in [0.4, 0.5) is 0 Å². The Morgan fingerprint density at radius 1 is 0.957 bits per heavy atom. The molecule has 23 heavy (non-hydrogen) atoms. The van der Waals surface area contributed by atoms with Gasteiger partial charge in [-0.1, -0.05) is 60.7 Å². The fourth-order valence-electron chi connectivity index (χ4n) is 2.40. The van der Waals surface area contributed by atoms with Crippen molar-refractivity contribution in [3.05, 3.63) is 71.8 Å². The Kier molecular flexibility index (Phi) is 7.81. The number of ether oxygens (including phenoxy) is 1. The van der Waals surface area contributed by atoms with Crippen molar-refractivity contribution >= 4 is 0 Å². The van der Waals surface area contributed by atoms with Crippen LogP contribution in [-0.2, 0) is 17.9 Å². The molecular formula is C20H28N2O. The molecule has 2 aromatic rings. The Bertz CT molecular complexity index is 530. The average Bonchev–Trinajstić information content (AvgIpc) is 2.59. The molecule has 0 saturated carbocycles. The third-order valence-corrected chi connectivity index (χ3v) is 4.00. The van der Waals surface area contributed by atoms with Crippen molar-refractivity contribution in [2.75, 3.05) is 26.7 Å². The van der Waals surface area contributed by atoms with Gasteiger partial charge in [0.05, 0.1) is 13.2 Å². The van der Waals surface area contributed by atoms with Gasteiger partial charge in [-0.2, -0.15) is 0 Å². The van der Waals surface area contributed by atoms with E-state index in [-0.39, 0.29) is 0 Å². The van der Waals surface area contributed by atoms with Gasteiger partial charge in [-0.15, -0.1) is 0 Å². The van der Waals surface area contributed by atoms with E-state index in [0.717, 1.165) is 26.2 Å². The van der Waals surface area contributed by atoms with E-state index in [1.165, 1.54) is 11.1 Å². The number of nitrogens with one attached hydrogen (secondary N) is 1. The molecule has 124 valence electrons. The number of benzene rings is 2. The van der Waals surface area contributed by atoms with Gasteiger partial charge in [-0.25, -0.2) is 0 Å². The number of hydrogen-bond donors (Lipinski definition) is 1. The van der Waals surface area contributed by atoms with E-state index in [4.69, 9.17) is 4.74 Å². The minimum absolute atomic E-state index is 0.490. The summed E-state index contributed by atoms with van der Waals surface area (Å²) in [5, 5.41) is 3.47. The van der Waals surface area contributed by atoms with Crippen LogP contribution in [0.15, 0.2) is 60.7 Å². The van der Waals surface area contributed by atoms with Crippen LogP contribution in [0, 0.1) is 0 Å². The van der Waals surface area contributed by atoms with Crippen LogP contribution >= 0.6 is 0 Å². The molecule has 0 aliphatic carbocycles. The van der Waals surface area contributed by atoms with Gasteiger partial charge >= 0.3 is 0 Å². The molecule has 0 spiro atoms. The Labute approximate surface area is 140 Å². The van der Waals surface area contributed by atoms with Crippen molar-refractivity contribution in [2.45, 2.75) is 26.1 Å². The molecule has 1 atom stereocenters. The highest BCUT2D eigenvalue weighted by Gasteiger charge is 2.08. The fraction of sp³-hybridized carbons (Fsp3) is 0.400. The summed E-state index contributed by atoms with van der Waals surface area (Å²) in [6.45, 7) is 6.51. The lowest BCUT2D eigenvalue weighted by Crippen LogP contribution is -2.38. The van der Waals surface area contributed by atoms with E-state index in [9.17, 15) is 0 Å². The molecule has 0 aromatic heterocycles. The minimum atomic E-state index is 0.490. The van der Waals surface area contributed by atoms with Gasteiger partial charge in [0.2, 0.25) is 0 Å². The maximum Gasteiger partial charge on any atom is 0.0717 e. The van der Waals surface area contributed by atoms with Crippen LogP contribution in [0.25, 0.3) is 0 Å². The molecule has 3 heteroatoms. The zero-order valence-corrected chi connectivity index (χ0v) is 14.2. The molecule has 0 radical (unpaired) electrons. The summed E-state index contributed by atoms with van der Waals surface area (Å²) >= 11 is 0. The quantitative estimate of drug-likeness (QED) is 0.681. The molecule has 0 saturated heterocycles. The largest absolute Gasteiger partial charge is 0.375 e. The number of likely N-dealkylation sites (N-methyl/N-ethyl adjacent to an activating group) is 1. The van der Waals surface area contributed by atoms with E-state index in [1.54, 1.807) is 0 Å². The minimum Gasteiger partial charge on any atom is -0.375 e. The van der Waals surface area contributed by atoms with E-state index in [0.29, 0.717) is 12.6 Å². The smallest absolute Gasteiger partial charge is 0.0717 e. The van der Waals surface area contributed by atoms with Crippen molar-refractivity contribution < 1.29 is 4.74 Å². The predicted molar refractivity (Wildman–Crippen MR) is 96.3 cm³/mol. The van der Waals surface area contributed by atoms with Crippen LogP contribution in [0.1, 0.15) is 18.1 Å². The van der Waals surface area contributed by atoms with Crippen LogP contribution in [-0.4, -0.2) is 37.7 Å². The maximum absolute atomic E-state index is 5.68. The summed E-state index contributed by atoms with van der Waals surface area (Å²) in [5.74, 6) is 0. The Hall–Kier alpha value is -1.68. The second-order valence-corrected chi connectivity index (χ2v) is 5.99. The van der Waals surface area contributed by atoms with Crippen molar-refractivity contribution in [1.29, 1.82) is 0 Å². The zero-order valence-electron chi connectivity index (χ0n) is 14.2. The first-order chi connectivity index (χ1) is 11.3. The summed E-state index contributed by atoms with van der Waals surface area (Å²) < 4.78 is 5.68. The van der Waals surface area contributed by atoms with Crippen molar-refractivity contribution in [1.82, 2.24) is 10.2 Å². The van der Waals surface area contributed by atoms with Gasteiger partial charge in [0.1, 0.15) is 0 Å². The molecule has 2 aromatic carbocycles. The van der Waals surface area contributed by atoms with Gasteiger partial charge in [0.15, 0.2) is 0 Å². The van der Waals surface area contributed by atoms with Gasteiger partial charge < -0.3 is 10.1 Å². The second kappa shape index (κ2) is 10.2. The van der Waals surface area contributed by atoms with E-state index in [1.807, 2.05) is 18.2 Å². The molecule has 0 aliphatic heterocycles. The van der Waals surface area contributed by atoms with Gasteiger partial charge in [-0.05, 0) is 25.1 Å². The summed E-state index contributed by atoms with van der Waals surface area (Å²) in [4.78, 5) is 2.37. The van der Waals surface area contributed by atoms with E-state index < -0.39 is 0 Å². The SMILES string of the molecule is CC(CNCCOCc1ccccc1)N(C)Cc1ccccc1. The third-order valence-electron chi connectivity index (χ3n) is 4.00. The Morgan fingerprint density at radius 2 is 1.57 bits per heavy atom. The summed E-state index contributed by atoms with van der Waals surface area (Å²) in [7, 11) is 2.17. The standard InChI is InChI=1S/C20H28N2O/c1-18(22(2)16-19-9-5-3-6-10-19)15-21-13-14-23-17-20-11-7-4-8-12-20/h3-12,18,21H,13-17H2,1-2H3. The zero-order chi connectivity index (χ0) is 16.3. The van der Waals surface area contributed by atoms with E-state index in [2.05, 4.69) is 66.7 Å². The molecule has 0 fully saturated rings. The lowest BCUT2D eigenvalue weighted by molar-refractivity contribution is 0.120. The lowest BCUT2D eigenvalue weighted by atomic mass is 10.2. The highest BCUT2D eigenvalue weighted by Crippen LogP contribution is 2.05. The maximum atomic E-state index is 5.68. The van der Waals surface area contributed by atoms with Crippen LogP contribution in [0.2, 0.25) is 0 Å². The Balaban J connectivity index is 1.55. The molecule has 0 bridgehead atoms. The fourth-order valence-corrected chi connectivity index (χ4v) is 2.40. The van der Waals surface area contributed by atoms with Gasteiger partial charge in [-0.3, -0.25) is 4.90 Å². The second-order valence-electron chi connectivity index (χ2n) is 5.99. The van der Waals surface area contributed by atoms with Crippen LogP contribution in [0.3, 0.4) is 0 Å². The third kappa shape index (κ3) is 6.95. The first-order valence-corrected chi connectivity index (χ1v) is 8.32. The molecule has 1 N–H and O–H groups in total. The summed E-state index contributed by atoms with van der Waals surface area (Å²) in [6.07, 6.45) is 0. The normalized spacial score (nSPS) is 12.5. The van der Waals surface area contributed by atoms with E-state index >= 15 is 0 Å². The highest BCUT2D eigenvalue weighted by atomic mass is 16.5. The van der Waals surface area contributed by atoms with Crippen molar-refractivity contribution in [3.8, 4) is 0 Å². The number of nitrogens with zero attached hydrogens (tertiary/aromatic N) is 1. The Morgan fingerprint density at radius 3 is 2.22 bits per heavy atom. The van der Waals surface area contributed by atoms with Crippen molar-refractivity contribution in [3.63, 3.8) is 0 Å². The summed E-state index contributed by atoms with van der Waals surface area (Å²) in [6, 6.07) is 21.4. The summed E-state index contributed by atoms with van der Waals surface area (Å²) in [5.41, 5.74) is 2.58. The predicted octanol–water partition coefficient (Wildman–Crippen LogP) is 3.31. The first-order valence-electron chi connectivity index (χ1n) is 8.32. The monoisotopic (exact) mass is 312 g/mol. The molecule has 1 unspecified atom stereocenters. The number of rotatable bonds is 10. The molecular weight excluding hydrogens is 284 g/mol.